The minimum atomic E-state index is -3.77. The quantitative estimate of drug-likeness (QED) is 0.624. The first-order chi connectivity index (χ1) is 14.5. The summed E-state index contributed by atoms with van der Waals surface area (Å²) in [4.78, 5) is 12.9. The van der Waals surface area contributed by atoms with Crippen LogP contribution in [0.3, 0.4) is 0 Å². The van der Waals surface area contributed by atoms with E-state index in [9.17, 15) is 13.2 Å². The molecule has 0 radical (unpaired) electrons. The first-order valence-electron chi connectivity index (χ1n) is 9.61. The minimum Gasteiger partial charge on any atom is -0.496 e. The summed E-state index contributed by atoms with van der Waals surface area (Å²) in [5.74, 6) is 0.140. The van der Waals surface area contributed by atoms with Crippen molar-refractivity contribution in [2.24, 2.45) is 5.92 Å². The number of piperidine rings is 1. The van der Waals surface area contributed by atoms with Crippen LogP contribution in [0.15, 0.2) is 47.4 Å². The molecular formula is C20H22N4O4S2. The summed E-state index contributed by atoms with van der Waals surface area (Å²) in [5, 5.41) is 2.92. The van der Waals surface area contributed by atoms with Gasteiger partial charge in [0, 0.05) is 25.2 Å². The first kappa shape index (κ1) is 20.7. The van der Waals surface area contributed by atoms with Gasteiger partial charge in [-0.3, -0.25) is 4.79 Å². The zero-order chi connectivity index (χ0) is 21.1. The van der Waals surface area contributed by atoms with Gasteiger partial charge in [-0.2, -0.15) is 13.1 Å². The van der Waals surface area contributed by atoms with Crippen LogP contribution in [-0.4, -0.2) is 47.6 Å². The number of ether oxygens (including phenoxy) is 1. The molecule has 1 aliphatic rings. The fourth-order valence-electron chi connectivity index (χ4n) is 3.68. The lowest BCUT2D eigenvalue weighted by Crippen LogP contribution is -2.45. The molecule has 1 fully saturated rings. The Bertz CT molecular complexity index is 1160. The SMILES string of the molecule is COc1ccccc1CNC(=O)[C@H]1CCCN(S(=O)(=O)c2cccc3nsnc23)C1. The van der Waals surface area contributed by atoms with Crippen molar-refractivity contribution in [1.29, 1.82) is 0 Å². The molecule has 0 saturated carbocycles. The van der Waals surface area contributed by atoms with Crippen molar-refractivity contribution in [3.05, 3.63) is 48.0 Å². The van der Waals surface area contributed by atoms with E-state index < -0.39 is 15.9 Å². The summed E-state index contributed by atoms with van der Waals surface area (Å²) in [6.45, 7) is 0.858. The Hall–Kier alpha value is -2.56. The van der Waals surface area contributed by atoms with E-state index in [1.807, 2.05) is 24.3 Å². The van der Waals surface area contributed by atoms with Crippen molar-refractivity contribution in [2.45, 2.75) is 24.3 Å². The second kappa shape index (κ2) is 8.66. The Morgan fingerprint density at radius 2 is 2.07 bits per heavy atom. The highest BCUT2D eigenvalue weighted by molar-refractivity contribution is 7.89. The Balaban J connectivity index is 1.47. The molecule has 1 atom stereocenters. The van der Waals surface area contributed by atoms with Crippen LogP contribution in [0, 0.1) is 5.92 Å². The molecule has 1 amide bonds. The molecule has 1 N–H and O–H groups in total. The summed E-state index contributed by atoms with van der Waals surface area (Å²) in [7, 11) is -2.18. The maximum absolute atomic E-state index is 13.2. The summed E-state index contributed by atoms with van der Waals surface area (Å²) >= 11 is 0.985. The number of benzene rings is 2. The maximum atomic E-state index is 13.2. The molecule has 2 heterocycles. The van der Waals surface area contributed by atoms with Crippen LogP contribution in [0.5, 0.6) is 5.75 Å². The number of rotatable bonds is 6. The molecule has 8 nitrogen and oxygen atoms in total. The zero-order valence-corrected chi connectivity index (χ0v) is 18.1. The number of hydrogen-bond acceptors (Lipinski definition) is 7. The molecule has 1 aliphatic heterocycles. The molecule has 1 aromatic heterocycles. The lowest BCUT2D eigenvalue weighted by molar-refractivity contribution is -0.126. The lowest BCUT2D eigenvalue weighted by atomic mass is 9.98. The number of para-hydroxylation sites is 1. The minimum absolute atomic E-state index is 0.142. The molecule has 0 aliphatic carbocycles. The number of hydrogen-bond donors (Lipinski definition) is 1. The maximum Gasteiger partial charge on any atom is 0.245 e. The summed E-state index contributed by atoms with van der Waals surface area (Å²) < 4.78 is 41.5. The summed E-state index contributed by atoms with van der Waals surface area (Å²) in [6.07, 6.45) is 1.27. The van der Waals surface area contributed by atoms with Crippen LogP contribution in [0.1, 0.15) is 18.4 Å². The van der Waals surface area contributed by atoms with Crippen LogP contribution in [0.2, 0.25) is 0 Å². The number of nitrogens with zero attached hydrogens (tertiary/aromatic N) is 3. The van der Waals surface area contributed by atoms with Crippen LogP contribution < -0.4 is 10.1 Å². The second-order valence-electron chi connectivity index (χ2n) is 7.12. The van der Waals surface area contributed by atoms with Gasteiger partial charge in [-0.25, -0.2) is 8.42 Å². The van der Waals surface area contributed by atoms with E-state index in [1.165, 1.54) is 4.31 Å². The fraction of sp³-hybridized carbons (Fsp3) is 0.350. The molecule has 0 spiro atoms. The normalized spacial score (nSPS) is 17.7. The zero-order valence-electron chi connectivity index (χ0n) is 16.4. The van der Waals surface area contributed by atoms with Gasteiger partial charge < -0.3 is 10.1 Å². The van der Waals surface area contributed by atoms with Crippen molar-refractivity contribution in [3.8, 4) is 5.75 Å². The monoisotopic (exact) mass is 446 g/mol. The fourth-order valence-corrected chi connectivity index (χ4v) is 5.96. The number of carbonyl (C=O) groups is 1. The molecule has 158 valence electrons. The average molecular weight is 447 g/mol. The van der Waals surface area contributed by atoms with Gasteiger partial charge in [0.05, 0.1) is 24.8 Å². The van der Waals surface area contributed by atoms with Crippen molar-refractivity contribution < 1.29 is 17.9 Å². The van der Waals surface area contributed by atoms with E-state index >= 15 is 0 Å². The lowest BCUT2D eigenvalue weighted by Gasteiger charge is -2.31. The van der Waals surface area contributed by atoms with E-state index in [0.717, 1.165) is 17.3 Å². The van der Waals surface area contributed by atoms with Crippen molar-refractivity contribution >= 4 is 38.7 Å². The van der Waals surface area contributed by atoms with Gasteiger partial charge in [-0.15, -0.1) is 0 Å². The smallest absolute Gasteiger partial charge is 0.245 e. The Labute approximate surface area is 179 Å². The first-order valence-corrected chi connectivity index (χ1v) is 11.8. The number of methoxy groups -OCH3 is 1. The van der Waals surface area contributed by atoms with Crippen LogP contribution >= 0.6 is 11.7 Å². The van der Waals surface area contributed by atoms with Crippen LogP contribution in [0.4, 0.5) is 0 Å². The van der Waals surface area contributed by atoms with Crippen molar-refractivity contribution in [1.82, 2.24) is 18.4 Å². The molecule has 0 unspecified atom stereocenters. The van der Waals surface area contributed by atoms with Gasteiger partial charge in [0.25, 0.3) is 0 Å². The second-order valence-corrected chi connectivity index (χ2v) is 9.55. The van der Waals surface area contributed by atoms with Gasteiger partial charge in [0.2, 0.25) is 15.9 Å². The van der Waals surface area contributed by atoms with Gasteiger partial charge in [0.1, 0.15) is 21.7 Å². The molecule has 0 bridgehead atoms. The van der Waals surface area contributed by atoms with Gasteiger partial charge in [0.15, 0.2) is 0 Å². The van der Waals surface area contributed by atoms with Crippen molar-refractivity contribution in [3.63, 3.8) is 0 Å². The molecule has 10 heteroatoms. The molecule has 1 saturated heterocycles. The van der Waals surface area contributed by atoms with Gasteiger partial charge in [-0.1, -0.05) is 24.3 Å². The number of sulfonamides is 1. The molecular weight excluding hydrogens is 424 g/mol. The van der Waals surface area contributed by atoms with Crippen LogP contribution in [-0.2, 0) is 21.4 Å². The highest BCUT2D eigenvalue weighted by atomic mass is 32.2. The summed E-state index contributed by atoms with van der Waals surface area (Å²) in [5.41, 5.74) is 1.81. The van der Waals surface area contributed by atoms with E-state index in [-0.39, 0.29) is 17.3 Å². The van der Waals surface area contributed by atoms with E-state index in [0.29, 0.717) is 42.7 Å². The Morgan fingerprint density at radius 1 is 1.23 bits per heavy atom. The number of aromatic nitrogens is 2. The topological polar surface area (TPSA) is 101 Å². The Kier molecular flexibility index (Phi) is 5.98. The molecule has 2 aromatic carbocycles. The third kappa shape index (κ3) is 4.03. The number of carbonyl (C=O) groups excluding carboxylic acids is 1. The highest BCUT2D eigenvalue weighted by Gasteiger charge is 2.34. The predicted molar refractivity (Wildman–Crippen MR) is 114 cm³/mol. The van der Waals surface area contributed by atoms with Crippen molar-refractivity contribution in [2.75, 3.05) is 20.2 Å². The Morgan fingerprint density at radius 3 is 2.90 bits per heavy atom. The largest absolute Gasteiger partial charge is 0.496 e. The average Bonchev–Trinajstić information content (AvgIpc) is 3.26. The highest BCUT2D eigenvalue weighted by Crippen LogP contribution is 2.28. The number of fused-ring (bicyclic) bond motifs is 1. The third-order valence-electron chi connectivity index (χ3n) is 5.27. The molecule has 4 rings (SSSR count). The standard InChI is InChI=1S/C20H22N4O4S2/c1-28-17-9-3-2-6-14(17)12-21-20(25)15-7-5-11-24(13-15)30(26,27)18-10-4-8-16-19(18)23-29-22-16/h2-4,6,8-10,15H,5,7,11-13H2,1H3,(H,21,25)/t15-/m0/s1. The molecule has 3 aromatic rings. The van der Waals surface area contributed by atoms with E-state index in [2.05, 4.69) is 14.1 Å². The summed E-state index contributed by atoms with van der Waals surface area (Å²) in [6, 6.07) is 12.4. The number of amides is 1. The van der Waals surface area contributed by atoms with Crippen LogP contribution in [0.25, 0.3) is 11.0 Å². The molecule has 30 heavy (non-hydrogen) atoms. The van der Waals surface area contributed by atoms with Gasteiger partial charge in [-0.05, 0) is 31.0 Å². The predicted octanol–water partition coefficient (Wildman–Crippen LogP) is 2.42. The number of nitrogens with one attached hydrogen (secondary N) is 1. The van der Waals surface area contributed by atoms with E-state index in [1.54, 1.807) is 25.3 Å². The van der Waals surface area contributed by atoms with Gasteiger partial charge >= 0.3 is 0 Å². The van der Waals surface area contributed by atoms with E-state index in [4.69, 9.17) is 4.74 Å². The third-order valence-corrected chi connectivity index (χ3v) is 7.71.